The number of nitrogens with two attached hydrogens (primary N) is 1. The number of nitrogens with zero attached hydrogens (tertiary/aromatic N) is 2. The summed E-state index contributed by atoms with van der Waals surface area (Å²) >= 11 is 5.09. The first kappa shape index (κ1) is 17.4. The minimum atomic E-state index is 0. The van der Waals surface area contributed by atoms with E-state index in [1.54, 1.807) is 17.5 Å². The minimum absolute atomic E-state index is 0. The smallest absolute Gasteiger partial charge is 0.188 e. The lowest BCUT2D eigenvalue weighted by Crippen LogP contribution is -2.33. The maximum Gasteiger partial charge on any atom is 0.188 e. The van der Waals surface area contributed by atoms with Gasteiger partial charge in [0, 0.05) is 29.7 Å². The second-order valence-corrected chi connectivity index (χ2v) is 6.45. The maximum absolute atomic E-state index is 5.80. The van der Waals surface area contributed by atoms with E-state index < -0.39 is 0 Å². The van der Waals surface area contributed by atoms with E-state index >= 15 is 0 Å². The molecule has 0 saturated heterocycles. The molecule has 0 aliphatic carbocycles. The molecule has 2 aromatic rings. The molecule has 2 rings (SSSR count). The number of halogens is 2. The minimum Gasteiger partial charge on any atom is -0.370 e. The highest BCUT2D eigenvalue weighted by Gasteiger charge is 1.98. The molecule has 3 N–H and O–H groups in total. The van der Waals surface area contributed by atoms with Gasteiger partial charge in [-0.05, 0) is 40.2 Å². The molecule has 0 fully saturated rings. The third-order valence-electron chi connectivity index (χ3n) is 2.45. The fourth-order valence-corrected chi connectivity index (χ4v) is 2.93. The van der Waals surface area contributed by atoms with Crippen molar-refractivity contribution in [3.05, 3.63) is 50.9 Å². The molecule has 2 heterocycles. The largest absolute Gasteiger partial charge is 0.370 e. The van der Waals surface area contributed by atoms with Crippen LogP contribution in [0.1, 0.15) is 10.6 Å². The molecular formula is C13H16BrIN4S. The second kappa shape index (κ2) is 9.30. The van der Waals surface area contributed by atoms with Gasteiger partial charge in [-0.25, -0.2) is 4.99 Å². The lowest BCUT2D eigenvalue weighted by molar-refractivity contribution is 0.828. The van der Waals surface area contributed by atoms with Gasteiger partial charge in [0.1, 0.15) is 0 Å². The zero-order chi connectivity index (χ0) is 13.5. The molecule has 4 nitrogen and oxygen atoms in total. The van der Waals surface area contributed by atoms with Gasteiger partial charge in [-0.1, -0.05) is 6.07 Å². The van der Waals surface area contributed by atoms with E-state index in [9.17, 15) is 0 Å². The van der Waals surface area contributed by atoms with E-state index in [0.29, 0.717) is 12.5 Å². The molecule has 0 unspecified atom stereocenters. The molecule has 0 atom stereocenters. The Hall–Kier alpha value is -0.670. The van der Waals surface area contributed by atoms with Gasteiger partial charge in [0.25, 0.3) is 0 Å². The predicted octanol–water partition coefficient (Wildman–Crippen LogP) is 3.17. The molecule has 7 heteroatoms. The van der Waals surface area contributed by atoms with Crippen molar-refractivity contribution >= 4 is 57.2 Å². The molecular weight excluding hydrogens is 451 g/mol. The summed E-state index contributed by atoms with van der Waals surface area (Å²) in [5.74, 6) is 0.473. The lowest BCUT2D eigenvalue weighted by Gasteiger charge is -2.04. The Morgan fingerprint density at radius 3 is 2.85 bits per heavy atom. The topological polar surface area (TPSA) is 63.3 Å². The third-order valence-corrected chi connectivity index (χ3v) is 4.06. The van der Waals surface area contributed by atoms with Crippen LogP contribution in [-0.4, -0.2) is 17.5 Å². The fraction of sp³-hybridized carbons (Fsp3) is 0.231. The van der Waals surface area contributed by atoms with Crippen molar-refractivity contribution in [2.24, 2.45) is 10.7 Å². The van der Waals surface area contributed by atoms with Gasteiger partial charge in [-0.15, -0.1) is 35.3 Å². The van der Waals surface area contributed by atoms with Gasteiger partial charge in [-0.3, -0.25) is 4.98 Å². The van der Waals surface area contributed by atoms with Crippen molar-refractivity contribution in [2.45, 2.75) is 13.0 Å². The number of hydrogen-bond acceptors (Lipinski definition) is 3. The molecule has 0 bridgehead atoms. The lowest BCUT2D eigenvalue weighted by atomic mass is 10.3. The normalized spacial score (nSPS) is 10.9. The average Bonchev–Trinajstić information content (AvgIpc) is 2.83. The molecule has 0 aliphatic rings. The standard InChI is InChI=1S/C13H15BrN4S.HI/c14-12-5-4-11(19-12)9-18-13(15)17-8-6-10-3-1-2-7-16-10;/h1-5,7H,6,8-9H2,(H3,15,17,18);1H. The van der Waals surface area contributed by atoms with Crippen LogP contribution in [0.15, 0.2) is 45.3 Å². The van der Waals surface area contributed by atoms with E-state index in [1.807, 2.05) is 30.3 Å². The van der Waals surface area contributed by atoms with Crippen LogP contribution in [0.3, 0.4) is 0 Å². The number of thiophene rings is 1. The van der Waals surface area contributed by atoms with Crippen LogP contribution in [0.4, 0.5) is 0 Å². The van der Waals surface area contributed by atoms with Gasteiger partial charge in [0.2, 0.25) is 0 Å². The van der Waals surface area contributed by atoms with E-state index in [0.717, 1.165) is 22.4 Å². The van der Waals surface area contributed by atoms with E-state index in [4.69, 9.17) is 5.73 Å². The van der Waals surface area contributed by atoms with Crippen molar-refractivity contribution in [3.8, 4) is 0 Å². The first-order valence-electron chi connectivity index (χ1n) is 5.92. The van der Waals surface area contributed by atoms with Crippen LogP contribution >= 0.6 is 51.2 Å². The van der Waals surface area contributed by atoms with Gasteiger partial charge in [-0.2, -0.15) is 0 Å². The molecule has 0 radical (unpaired) electrons. The summed E-state index contributed by atoms with van der Waals surface area (Å²) in [6.45, 7) is 1.35. The Morgan fingerprint density at radius 2 is 2.20 bits per heavy atom. The molecule has 0 saturated carbocycles. The van der Waals surface area contributed by atoms with E-state index in [2.05, 4.69) is 31.2 Å². The average molecular weight is 467 g/mol. The number of aliphatic imine (C=N–C) groups is 1. The van der Waals surface area contributed by atoms with Crippen LogP contribution in [0.2, 0.25) is 0 Å². The second-order valence-electron chi connectivity index (χ2n) is 3.91. The van der Waals surface area contributed by atoms with E-state index in [-0.39, 0.29) is 24.0 Å². The maximum atomic E-state index is 5.80. The highest BCUT2D eigenvalue weighted by atomic mass is 127. The first-order valence-corrected chi connectivity index (χ1v) is 7.53. The number of nitrogens with one attached hydrogen (secondary N) is 1. The monoisotopic (exact) mass is 466 g/mol. The van der Waals surface area contributed by atoms with Crippen LogP contribution < -0.4 is 11.1 Å². The predicted molar refractivity (Wildman–Crippen MR) is 98.7 cm³/mol. The Bertz CT molecular complexity index is 544. The zero-order valence-corrected chi connectivity index (χ0v) is 15.5. The van der Waals surface area contributed by atoms with Gasteiger partial charge in [0.15, 0.2) is 5.96 Å². The molecule has 0 spiro atoms. The SMILES string of the molecule is I.NC(=NCc1ccc(Br)s1)NCCc1ccccn1. The fourth-order valence-electron chi connectivity index (χ4n) is 1.52. The Kier molecular flexibility index (Phi) is 8.08. The summed E-state index contributed by atoms with van der Waals surface area (Å²) < 4.78 is 1.11. The number of pyridine rings is 1. The van der Waals surface area contributed by atoms with E-state index in [1.165, 1.54) is 4.88 Å². The van der Waals surface area contributed by atoms with Crippen LogP contribution in [0.5, 0.6) is 0 Å². The summed E-state index contributed by atoms with van der Waals surface area (Å²) in [6.07, 6.45) is 2.63. The quantitative estimate of drug-likeness (QED) is 0.404. The van der Waals surface area contributed by atoms with Crippen molar-refractivity contribution in [1.29, 1.82) is 0 Å². The van der Waals surface area contributed by atoms with Crippen LogP contribution in [-0.2, 0) is 13.0 Å². The number of aromatic nitrogens is 1. The molecule has 0 aromatic carbocycles. The molecule has 0 amide bonds. The van der Waals surface area contributed by atoms with Gasteiger partial charge in [0.05, 0.1) is 10.3 Å². The zero-order valence-electron chi connectivity index (χ0n) is 10.8. The summed E-state index contributed by atoms with van der Waals surface area (Å²) in [6, 6.07) is 9.94. The summed E-state index contributed by atoms with van der Waals surface area (Å²) in [4.78, 5) is 9.72. The van der Waals surface area contributed by atoms with Crippen LogP contribution in [0.25, 0.3) is 0 Å². The summed E-state index contributed by atoms with van der Waals surface area (Å²) in [7, 11) is 0. The first-order chi connectivity index (χ1) is 9.24. The molecule has 108 valence electrons. The Labute approximate surface area is 148 Å². The van der Waals surface area contributed by atoms with Crippen molar-refractivity contribution in [2.75, 3.05) is 6.54 Å². The Morgan fingerprint density at radius 1 is 1.35 bits per heavy atom. The molecule has 0 aliphatic heterocycles. The number of hydrogen-bond donors (Lipinski definition) is 2. The highest BCUT2D eigenvalue weighted by molar-refractivity contribution is 14.0. The van der Waals surface area contributed by atoms with Crippen LogP contribution in [0, 0.1) is 0 Å². The highest BCUT2D eigenvalue weighted by Crippen LogP contribution is 2.22. The summed E-state index contributed by atoms with van der Waals surface area (Å²) in [5.41, 5.74) is 6.85. The molecule has 20 heavy (non-hydrogen) atoms. The van der Waals surface area contributed by atoms with Gasteiger partial charge >= 0.3 is 0 Å². The Balaban J connectivity index is 0.00000200. The van der Waals surface area contributed by atoms with Crippen molar-refractivity contribution in [3.63, 3.8) is 0 Å². The third kappa shape index (κ3) is 6.19. The number of guanidine groups is 1. The van der Waals surface area contributed by atoms with Gasteiger partial charge < -0.3 is 11.1 Å². The van der Waals surface area contributed by atoms with Crippen molar-refractivity contribution < 1.29 is 0 Å². The molecule has 2 aromatic heterocycles. The summed E-state index contributed by atoms with van der Waals surface area (Å²) in [5, 5.41) is 3.09. The van der Waals surface area contributed by atoms with Crippen molar-refractivity contribution in [1.82, 2.24) is 10.3 Å². The number of rotatable bonds is 5.